The van der Waals surface area contributed by atoms with Crippen molar-refractivity contribution in [2.75, 3.05) is 24.7 Å². The molecular formula is C19H21ClN4O2S2. The van der Waals surface area contributed by atoms with Crippen LogP contribution in [0.5, 0.6) is 0 Å². The summed E-state index contributed by atoms with van der Waals surface area (Å²) in [5.41, 5.74) is 1.03. The van der Waals surface area contributed by atoms with Crippen molar-refractivity contribution in [3.8, 4) is 0 Å². The third-order valence-electron chi connectivity index (χ3n) is 4.96. The van der Waals surface area contributed by atoms with Gasteiger partial charge in [0.05, 0.1) is 14.6 Å². The van der Waals surface area contributed by atoms with E-state index in [2.05, 4.69) is 20.2 Å². The van der Waals surface area contributed by atoms with Crippen LogP contribution in [-0.4, -0.2) is 48.7 Å². The normalized spacial score (nSPS) is 16.5. The lowest BCUT2D eigenvalue weighted by atomic mass is 10.0. The van der Waals surface area contributed by atoms with Gasteiger partial charge in [0.2, 0.25) is 0 Å². The quantitative estimate of drug-likeness (QED) is 0.655. The maximum Gasteiger partial charge on any atom is 0.175 e. The minimum absolute atomic E-state index is 0.343. The van der Waals surface area contributed by atoms with Crippen molar-refractivity contribution in [2.24, 2.45) is 0 Å². The Hall–Kier alpha value is -1.74. The van der Waals surface area contributed by atoms with E-state index in [1.165, 1.54) is 17.6 Å². The zero-order valence-corrected chi connectivity index (χ0v) is 17.8. The molecule has 1 aliphatic heterocycles. The highest BCUT2D eigenvalue weighted by Gasteiger charge is 2.21. The monoisotopic (exact) mass is 436 g/mol. The molecule has 1 N–H and O–H groups in total. The lowest BCUT2D eigenvalue weighted by Crippen LogP contribution is -2.38. The highest BCUT2D eigenvalue weighted by Crippen LogP contribution is 2.32. The number of anilines is 1. The average Bonchev–Trinajstić information content (AvgIpc) is 3.04. The molecule has 0 amide bonds. The molecule has 1 fully saturated rings. The van der Waals surface area contributed by atoms with E-state index in [9.17, 15) is 8.42 Å². The summed E-state index contributed by atoms with van der Waals surface area (Å²) in [6.45, 7) is 2.65. The number of rotatable bonds is 5. The van der Waals surface area contributed by atoms with Gasteiger partial charge in [-0.3, -0.25) is 4.90 Å². The van der Waals surface area contributed by atoms with E-state index in [4.69, 9.17) is 11.6 Å². The average molecular weight is 437 g/mol. The second kappa shape index (κ2) is 7.94. The van der Waals surface area contributed by atoms with Gasteiger partial charge >= 0.3 is 0 Å². The molecule has 0 atom stereocenters. The van der Waals surface area contributed by atoms with E-state index >= 15 is 0 Å². The number of sulfone groups is 1. The van der Waals surface area contributed by atoms with E-state index in [1.807, 2.05) is 18.2 Å². The van der Waals surface area contributed by atoms with Gasteiger partial charge in [0, 0.05) is 31.9 Å². The fraction of sp³-hybridized carbons (Fsp3) is 0.368. The molecule has 0 unspecified atom stereocenters. The van der Waals surface area contributed by atoms with Crippen molar-refractivity contribution in [3.63, 3.8) is 0 Å². The van der Waals surface area contributed by atoms with Crippen molar-refractivity contribution in [1.82, 2.24) is 14.9 Å². The molecule has 0 radical (unpaired) electrons. The Balaban J connectivity index is 1.37. The van der Waals surface area contributed by atoms with E-state index in [1.54, 1.807) is 18.5 Å². The van der Waals surface area contributed by atoms with Crippen molar-refractivity contribution in [1.29, 1.82) is 0 Å². The molecule has 0 aliphatic carbocycles. The number of piperidine rings is 1. The summed E-state index contributed by atoms with van der Waals surface area (Å²) in [7, 11) is -3.17. The topological polar surface area (TPSA) is 75.2 Å². The standard InChI is InChI=1S/C19H21ClN4O2S2/c1-28(25,26)15-4-2-3-13(9-15)11-24-7-5-14(6-8-24)23-18-16-10-17(20)27-19(16)22-12-21-18/h2-4,9-10,12,14H,5-8,11H2,1H3,(H,21,22,23). The van der Waals surface area contributed by atoms with E-state index < -0.39 is 9.84 Å². The van der Waals surface area contributed by atoms with Crippen LogP contribution in [0.25, 0.3) is 10.2 Å². The molecule has 148 valence electrons. The van der Waals surface area contributed by atoms with Crippen LogP contribution >= 0.6 is 22.9 Å². The molecule has 3 aromatic rings. The Morgan fingerprint density at radius 3 is 2.79 bits per heavy atom. The van der Waals surface area contributed by atoms with Gasteiger partial charge in [0.25, 0.3) is 0 Å². The van der Waals surface area contributed by atoms with Gasteiger partial charge in [-0.15, -0.1) is 11.3 Å². The van der Waals surface area contributed by atoms with Crippen LogP contribution in [-0.2, 0) is 16.4 Å². The maximum absolute atomic E-state index is 11.7. The number of halogens is 1. The molecule has 0 spiro atoms. The Morgan fingerprint density at radius 2 is 2.04 bits per heavy atom. The van der Waals surface area contributed by atoms with E-state index in [0.717, 1.165) is 54.1 Å². The summed E-state index contributed by atoms with van der Waals surface area (Å²) in [5.74, 6) is 0.840. The first-order valence-corrected chi connectivity index (χ1v) is 12.1. The predicted octanol–water partition coefficient (Wildman–Crippen LogP) is 3.82. The number of aromatic nitrogens is 2. The summed E-state index contributed by atoms with van der Waals surface area (Å²) in [6, 6.07) is 9.47. The van der Waals surface area contributed by atoms with Crippen LogP contribution in [0.3, 0.4) is 0 Å². The Labute approximate surface area is 173 Å². The second-order valence-electron chi connectivity index (χ2n) is 7.11. The van der Waals surface area contributed by atoms with Crippen LogP contribution in [0.15, 0.2) is 41.6 Å². The molecule has 0 bridgehead atoms. The van der Waals surface area contributed by atoms with Crippen molar-refractivity contribution in [2.45, 2.75) is 30.3 Å². The van der Waals surface area contributed by atoms with Crippen molar-refractivity contribution < 1.29 is 8.42 Å². The van der Waals surface area contributed by atoms with Crippen LogP contribution in [0.4, 0.5) is 5.82 Å². The van der Waals surface area contributed by atoms with Gasteiger partial charge in [-0.25, -0.2) is 18.4 Å². The SMILES string of the molecule is CS(=O)(=O)c1cccc(CN2CCC(Nc3ncnc4sc(Cl)cc34)CC2)c1. The molecule has 2 aromatic heterocycles. The molecule has 1 aromatic carbocycles. The molecule has 3 heterocycles. The number of benzene rings is 1. The van der Waals surface area contributed by atoms with E-state index in [-0.39, 0.29) is 0 Å². The van der Waals surface area contributed by atoms with Gasteiger partial charge < -0.3 is 5.32 Å². The fourth-order valence-electron chi connectivity index (χ4n) is 3.50. The van der Waals surface area contributed by atoms with Crippen LogP contribution < -0.4 is 5.32 Å². The van der Waals surface area contributed by atoms with E-state index in [0.29, 0.717) is 15.3 Å². The number of fused-ring (bicyclic) bond motifs is 1. The lowest BCUT2D eigenvalue weighted by Gasteiger charge is -2.32. The van der Waals surface area contributed by atoms with Crippen LogP contribution in [0, 0.1) is 0 Å². The lowest BCUT2D eigenvalue weighted by molar-refractivity contribution is 0.211. The first-order valence-electron chi connectivity index (χ1n) is 9.06. The minimum Gasteiger partial charge on any atom is -0.367 e. The third-order valence-corrected chi connectivity index (χ3v) is 7.24. The highest BCUT2D eigenvalue weighted by atomic mass is 35.5. The molecule has 1 aliphatic rings. The molecular weight excluding hydrogens is 416 g/mol. The largest absolute Gasteiger partial charge is 0.367 e. The van der Waals surface area contributed by atoms with Gasteiger partial charge in [-0.2, -0.15) is 0 Å². The van der Waals surface area contributed by atoms with Gasteiger partial charge in [-0.05, 0) is 36.6 Å². The number of hydrogen-bond donors (Lipinski definition) is 1. The molecule has 0 saturated carbocycles. The third kappa shape index (κ3) is 4.46. The van der Waals surface area contributed by atoms with Gasteiger partial charge in [0.15, 0.2) is 9.84 Å². The number of nitrogens with zero attached hydrogens (tertiary/aromatic N) is 3. The molecule has 1 saturated heterocycles. The van der Waals surface area contributed by atoms with Crippen LogP contribution in [0.2, 0.25) is 4.34 Å². The zero-order chi connectivity index (χ0) is 19.7. The highest BCUT2D eigenvalue weighted by molar-refractivity contribution is 7.90. The molecule has 6 nitrogen and oxygen atoms in total. The summed E-state index contributed by atoms with van der Waals surface area (Å²) in [6.07, 6.45) is 4.81. The molecule has 9 heteroatoms. The summed E-state index contributed by atoms with van der Waals surface area (Å²) >= 11 is 7.57. The fourth-order valence-corrected chi connectivity index (χ4v) is 5.25. The first kappa shape index (κ1) is 19.6. The molecule has 4 rings (SSSR count). The second-order valence-corrected chi connectivity index (χ2v) is 10.8. The number of hydrogen-bond acceptors (Lipinski definition) is 7. The van der Waals surface area contributed by atoms with Gasteiger partial charge in [-0.1, -0.05) is 23.7 Å². The number of thiophene rings is 1. The summed E-state index contributed by atoms with van der Waals surface area (Å²) in [4.78, 5) is 12.3. The summed E-state index contributed by atoms with van der Waals surface area (Å²) in [5, 5.41) is 4.51. The minimum atomic E-state index is -3.17. The van der Waals surface area contributed by atoms with Crippen molar-refractivity contribution in [3.05, 3.63) is 46.6 Å². The van der Waals surface area contributed by atoms with Gasteiger partial charge in [0.1, 0.15) is 17.0 Å². The Kier molecular flexibility index (Phi) is 5.55. The first-order chi connectivity index (χ1) is 13.4. The zero-order valence-electron chi connectivity index (χ0n) is 15.4. The summed E-state index contributed by atoms with van der Waals surface area (Å²) < 4.78 is 24.2. The predicted molar refractivity (Wildman–Crippen MR) is 114 cm³/mol. The van der Waals surface area contributed by atoms with Crippen LogP contribution in [0.1, 0.15) is 18.4 Å². The smallest absolute Gasteiger partial charge is 0.175 e. The Morgan fingerprint density at radius 1 is 1.25 bits per heavy atom. The maximum atomic E-state index is 11.7. The Bertz CT molecular complexity index is 1090. The number of nitrogens with one attached hydrogen (secondary N) is 1. The molecule has 28 heavy (non-hydrogen) atoms. The number of likely N-dealkylation sites (tertiary alicyclic amines) is 1. The van der Waals surface area contributed by atoms with Crippen molar-refractivity contribution >= 4 is 48.8 Å².